The molecule has 0 bridgehead atoms. The summed E-state index contributed by atoms with van der Waals surface area (Å²) in [5.41, 5.74) is 0.170. The Bertz CT molecular complexity index is 342. The van der Waals surface area contributed by atoms with Gasteiger partial charge in [-0.2, -0.15) is 0 Å². The first-order valence-electron chi connectivity index (χ1n) is 6.37. The Morgan fingerprint density at radius 3 is 2.61 bits per heavy atom. The fourth-order valence-electron chi connectivity index (χ4n) is 1.35. The Morgan fingerprint density at radius 2 is 2.11 bits per heavy atom. The zero-order valence-electron chi connectivity index (χ0n) is 11.7. The summed E-state index contributed by atoms with van der Waals surface area (Å²) in [7, 11) is 0. The van der Waals surface area contributed by atoms with Gasteiger partial charge in [-0.3, -0.25) is 4.98 Å². The van der Waals surface area contributed by atoms with Gasteiger partial charge in [0.1, 0.15) is 12.4 Å². The van der Waals surface area contributed by atoms with E-state index in [0.29, 0.717) is 11.7 Å². The molecule has 0 spiro atoms. The lowest BCUT2D eigenvalue weighted by molar-refractivity contribution is 0.0283. The lowest BCUT2D eigenvalue weighted by atomic mass is 10.2. The van der Waals surface area contributed by atoms with E-state index in [2.05, 4.69) is 24.1 Å². The highest BCUT2D eigenvalue weighted by atomic mass is 16.5. The van der Waals surface area contributed by atoms with Crippen LogP contribution in [0.2, 0.25) is 0 Å². The molecule has 1 aromatic rings. The van der Waals surface area contributed by atoms with E-state index in [1.807, 2.05) is 12.1 Å². The van der Waals surface area contributed by atoms with Gasteiger partial charge in [-0.25, -0.2) is 0 Å². The maximum atomic E-state index is 9.55. The average Bonchev–Trinajstić information content (AvgIpc) is 2.26. The van der Waals surface area contributed by atoms with Crippen molar-refractivity contribution in [2.45, 2.75) is 39.8 Å². The number of nitrogens with zero attached hydrogens (tertiary/aromatic N) is 1. The summed E-state index contributed by atoms with van der Waals surface area (Å²) in [5, 5.41) is 12.9. The fourth-order valence-corrected chi connectivity index (χ4v) is 1.35. The van der Waals surface area contributed by atoms with Crippen LogP contribution in [0.4, 0.5) is 0 Å². The molecule has 0 radical (unpaired) electrons. The Kier molecular flexibility index (Phi) is 5.56. The predicted molar refractivity (Wildman–Crippen MR) is 72.6 cm³/mol. The van der Waals surface area contributed by atoms with Crippen LogP contribution in [-0.4, -0.2) is 28.8 Å². The zero-order chi connectivity index (χ0) is 13.6. The van der Waals surface area contributed by atoms with Gasteiger partial charge in [0.2, 0.25) is 0 Å². The summed E-state index contributed by atoms with van der Waals surface area (Å²) < 4.78 is 5.44. The highest BCUT2D eigenvalue weighted by Crippen LogP contribution is 2.12. The zero-order valence-corrected chi connectivity index (χ0v) is 11.7. The third-order valence-electron chi connectivity index (χ3n) is 2.25. The van der Waals surface area contributed by atoms with Crippen molar-refractivity contribution in [1.82, 2.24) is 10.3 Å². The summed E-state index contributed by atoms with van der Waals surface area (Å²) >= 11 is 0. The molecule has 18 heavy (non-hydrogen) atoms. The molecule has 0 aliphatic carbocycles. The maximum absolute atomic E-state index is 9.55. The van der Waals surface area contributed by atoms with Crippen LogP contribution in [0.5, 0.6) is 5.75 Å². The van der Waals surface area contributed by atoms with Crippen LogP contribution in [0, 0.1) is 5.92 Å². The number of hydrogen-bond donors (Lipinski definition) is 2. The van der Waals surface area contributed by atoms with Gasteiger partial charge in [-0.15, -0.1) is 0 Å². The van der Waals surface area contributed by atoms with Crippen molar-refractivity contribution in [2.75, 3.05) is 13.2 Å². The Labute approximate surface area is 109 Å². The minimum Gasteiger partial charge on any atom is -0.489 e. The van der Waals surface area contributed by atoms with Crippen molar-refractivity contribution in [1.29, 1.82) is 0 Å². The number of ether oxygens (including phenoxy) is 1. The molecule has 102 valence electrons. The van der Waals surface area contributed by atoms with E-state index in [1.54, 1.807) is 20.0 Å². The highest BCUT2D eigenvalue weighted by molar-refractivity contribution is 5.19. The van der Waals surface area contributed by atoms with Gasteiger partial charge in [0.05, 0.1) is 17.5 Å². The average molecular weight is 252 g/mol. The second kappa shape index (κ2) is 6.71. The van der Waals surface area contributed by atoms with Gasteiger partial charge in [-0.05, 0) is 38.4 Å². The molecule has 0 saturated heterocycles. The van der Waals surface area contributed by atoms with Gasteiger partial charge >= 0.3 is 0 Å². The largest absolute Gasteiger partial charge is 0.489 e. The van der Waals surface area contributed by atoms with Gasteiger partial charge < -0.3 is 15.2 Å². The predicted octanol–water partition coefficient (Wildman–Crippen LogP) is 1.98. The van der Waals surface area contributed by atoms with E-state index in [-0.39, 0.29) is 6.61 Å². The number of aliphatic hydroxyl groups is 1. The maximum Gasteiger partial charge on any atom is 0.137 e. The van der Waals surface area contributed by atoms with Crippen LogP contribution in [0.3, 0.4) is 0 Å². The molecule has 0 amide bonds. The van der Waals surface area contributed by atoms with Gasteiger partial charge in [0.25, 0.3) is 0 Å². The van der Waals surface area contributed by atoms with E-state index in [1.165, 1.54) is 0 Å². The number of pyridine rings is 1. The first kappa shape index (κ1) is 14.9. The summed E-state index contributed by atoms with van der Waals surface area (Å²) in [4.78, 5) is 4.31. The first-order valence-corrected chi connectivity index (χ1v) is 6.37. The van der Waals surface area contributed by atoms with Crippen LogP contribution >= 0.6 is 0 Å². The Balaban J connectivity index is 2.38. The third-order valence-corrected chi connectivity index (χ3v) is 2.25. The van der Waals surface area contributed by atoms with Gasteiger partial charge in [0.15, 0.2) is 0 Å². The second-order valence-corrected chi connectivity index (χ2v) is 5.61. The lowest BCUT2D eigenvalue weighted by Crippen LogP contribution is -2.27. The van der Waals surface area contributed by atoms with Crippen LogP contribution in [0.25, 0.3) is 0 Å². The van der Waals surface area contributed by atoms with E-state index >= 15 is 0 Å². The summed E-state index contributed by atoms with van der Waals surface area (Å²) in [6.07, 6.45) is 1.69. The molecule has 0 aromatic carbocycles. The molecular weight excluding hydrogens is 228 g/mol. The molecular formula is C14H24N2O2. The fraction of sp³-hybridized carbons (Fsp3) is 0.643. The van der Waals surface area contributed by atoms with Crippen molar-refractivity contribution < 1.29 is 9.84 Å². The van der Waals surface area contributed by atoms with Crippen molar-refractivity contribution in [3.63, 3.8) is 0 Å². The van der Waals surface area contributed by atoms with E-state index < -0.39 is 5.60 Å². The summed E-state index contributed by atoms with van der Waals surface area (Å²) in [6.45, 7) is 9.79. The van der Waals surface area contributed by atoms with Crippen LogP contribution < -0.4 is 10.1 Å². The number of hydrogen-bond acceptors (Lipinski definition) is 4. The topological polar surface area (TPSA) is 54.4 Å². The Hall–Kier alpha value is -1.13. The summed E-state index contributed by atoms with van der Waals surface area (Å²) in [6, 6.07) is 3.82. The molecule has 1 rings (SSSR count). The highest BCUT2D eigenvalue weighted by Gasteiger charge is 2.13. The van der Waals surface area contributed by atoms with E-state index in [4.69, 9.17) is 4.74 Å². The second-order valence-electron chi connectivity index (χ2n) is 5.61. The quantitative estimate of drug-likeness (QED) is 0.779. The van der Waals surface area contributed by atoms with E-state index in [0.717, 1.165) is 18.8 Å². The van der Waals surface area contributed by atoms with Crippen LogP contribution in [0.1, 0.15) is 33.4 Å². The minimum atomic E-state index is -0.822. The number of rotatable bonds is 7. The monoisotopic (exact) mass is 252 g/mol. The molecule has 1 aromatic heterocycles. The molecule has 0 fully saturated rings. The third kappa shape index (κ3) is 6.57. The molecule has 0 aliphatic heterocycles. The van der Waals surface area contributed by atoms with Crippen molar-refractivity contribution in [3.05, 3.63) is 24.0 Å². The van der Waals surface area contributed by atoms with Crippen LogP contribution in [0.15, 0.2) is 18.3 Å². The first-order chi connectivity index (χ1) is 8.37. The molecule has 0 unspecified atom stereocenters. The van der Waals surface area contributed by atoms with Crippen molar-refractivity contribution in [3.8, 4) is 5.75 Å². The normalized spacial score (nSPS) is 11.9. The Morgan fingerprint density at radius 1 is 1.39 bits per heavy atom. The minimum absolute atomic E-state index is 0.264. The number of aromatic nitrogens is 1. The molecule has 4 heteroatoms. The molecule has 4 nitrogen and oxygen atoms in total. The SMILES string of the molecule is CC(C)CNCc1ccc(OCC(C)(C)O)cn1. The lowest BCUT2D eigenvalue weighted by Gasteiger charge is -2.17. The molecule has 0 saturated carbocycles. The summed E-state index contributed by atoms with van der Waals surface area (Å²) in [5.74, 6) is 1.32. The van der Waals surface area contributed by atoms with Gasteiger partial charge in [-0.1, -0.05) is 13.8 Å². The van der Waals surface area contributed by atoms with Crippen LogP contribution in [-0.2, 0) is 6.54 Å². The van der Waals surface area contributed by atoms with Gasteiger partial charge in [0, 0.05) is 6.54 Å². The standard InChI is InChI=1S/C14H24N2O2/c1-11(2)7-15-8-12-5-6-13(9-16-12)18-10-14(3,4)17/h5-6,9,11,15,17H,7-8,10H2,1-4H3. The van der Waals surface area contributed by atoms with Crippen molar-refractivity contribution in [2.24, 2.45) is 5.92 Å². The molecule has 0 atom stereocenters. The molecule has 2 N–H and O–H groups in total. The van der Waals surface area contributed by atoms with E-state index in [9.17, 15) is 5.11 Å². The molecule has 0 aliphatic rings. The smallest absolute Gasteiger partial charge is 0.137 e. The van der Waals surface area contributed by atoms with Crippen molar-refractivity contribution >= 4 is 0 Å². The molecule has 1 heterocycles. The number of nitrogens with one attached hydrogen (secondary N) is 1.